The maximum Gasteiger partial charge on any atom is 0.674 e. The lowest BCUT2D eigenvalue weighted by atomic mass is 10.1. The minimum atomic E-state index is -1.25. The van der Waals surface area contributed by atoms with Gasteiger partial charge in [0, 0.05) is 14.2 Å². The summed E-state index contributed by atoms with van der Waals surface area (Å²) in [5.74, 6) is 0.804. The fourth-order valence-corrected chi connectivity index (χ4v) is 2.26. The summed E-state index contributed by atoms with van der Waals surface area (Å²) in [4.78, 5) is 0. The summed E-state index contributed by atoms with van der Waals surface area (Å²) in [6, 6.07) is 0. The van der Waals surface area contributed by atoms with Crippen LogP contribution in [0.25, 0.3) is 0 Å². The molecule has 0 aromatic carbocycles. The number of rotatable bonds is 6. The molecule has 0 aliphatic rings. The van der Waals surface area contributed by atoms with E-state index in [1.54, 1.807) is 14.2 Å². The van der Waals surface area contributed by atoms with Crippen LogP contribution in [0.5, 0.6) is 0 Å². The highest BCUT2D eigenvalue weighted by atomic mass is 27.2. The van der Waals surface area contributed by atoms with Crippen molar-refractivity contribution in [3.63, 3.8) is 0 Å². The van der Waals surface area contributed by atoms with E-state index in [9.17, 15) is 0 Å². The third-order valence-corrected chi connectivity index (χ3v) is 3.68. The molecular formula is C8H19AlO2. The zero-order valence-corrected chi connectivity index (χ0v) is 9.25. The van der Waals surface area contributed by atoms with Crippen molar-refractivity contribution in [3.05, 3.63) is 0 Å². The number of hydrogen-bond donors (Lipinski definition) is 0. The van der Waals surface area contributed by atoms with Crippen molar-refractivity contribution in [2.24, 2.45) is 5.92 Å². The van der Waals surface area contributed by atoms with Gasteiger partial charge in [-0.1, -0.05) is 26.7 Å². The van der Waals surface area contributed by atoms with E-state index < -0.39 is 14.8 Å². The third kappa shape index (κ3) is 6.84. The highest BCUT2D eigenvalue weighted by molar-refractivity contribution is 6.44. The van der Waals surface area contributed by atoms with Crippen LogP contribution in [-0.4, -0.2) is 29.0 Å². The van der Waals surface area contributed by atoms with Gasteiger partial charge in [0.25, 0.3) is 0 Å². The molecule has 11 heavy (non-hydrogen) atoms. The van der Waals surface area contributed by atoms with Gasteiger partial charge < -0.3 is 7.58 Å². The maximum atomic E-state index is 5.20. The van der Waals surface area contributed by atoms with Crippen LogP contribution in [0.1, 0.15) is 26.7 Å². The predicted molar refractivity (Wildman–Crippen MR) is 48.7 cm³/mol. The second kappa shape index (κ2) is 7.12. The Kier molecular flexibility index (Phi) is 7.41. The minimum Gasteiger partial charge on any atom is -0.481 e. The van der Waals surface area contributed by atoms with Crippen molar-refractivity contribution in [2.75, 3.05) is 14.2 Å². The van der Waals surface area contributed by atoms with Crippen LogP contribution in [0.4, 0.5) is 0 Å². The molecule has 0 rings (SSSR count). The zero-order valence-electron chi connectivity index (χ0n) is 8.09. The molecule has 0 atom stereocenters. The second-order valence-corrected chi connectivity index (χ2v) is 5.60. The molecule has 0 aliphatic heterocycles. The first-order valence-electron chi connectivity index (χ1n) is 4.26. The molecular weight excluding hydrogens is 155 g/mol. The summed E-state index contributed by atoms with van der Waals surface area (Å²) in [6.45, 7) is 4.49. The normalized spacial score (nSPS) is 10.6. The van der Waals surface area contributed by atoms with E-state index in [1.807, 2.05) is 0 Å². The summed E-state index contributed by atoms with van der Waals surface area (Å²) < 4.78 is 10.4. The highest BCUT2D eigenvalue weighted by Crippen LogP contribution is 2.09. The Hall–Kier alpha value is 0.452. The molecule has 0 saturated carbocycles. The standard InChI is InChI=1S/C6H13.2CH3O.Al/c1-4-5-6(2)3;2*1-2;/h6H,1,4-5H2,2-3H3;2*1H3;/q;2*-1;+2. The first-order chi connectivity index (χ1) is 5.20. The maximum absolute atomic E-state index is 5.20. The quantitative estimate of drug-likeness (QED) is 0.575. The van der Waals surface area contributed by atoms with E-state index in [2.05, 4.69) is 13.8 Å². The first kappa shape index (κ1) is 11.5. The molecule has 0 spiro atoms. The molecule has 0 aromatic heterocycles. The topological polar surface area (TPSA) is 18.5 Å². The Morgan fingerprint density at radius 1 is 1.18 bits per heavy atom. The number of hydrogen-bond acceptors (Lipinski definition) is 2. The SMILES string of the molecule is C[O][Al]([CH2]CCC(C)C)[O]C. The van der Waals surface area contributed by atoms with Gasteiger partial charge in [0.05, 0.1) is 0 Å². The van der Waals surface area contributed by atoms with E-state index >= 15 is 0 Å². The molecule has 2 nitrogen and oxygen atoms in total. The van der Waals surface area contributed by atoms with E-state index in [0.717, 1.165) is 11.2 Å². The predicted octanol–water partition coefficient (Wildman–Crippen LogP) is 2.20. The lowest BCUT2D eigenvalue weighted by molar-refractivity contribution is 0.275. The van der Waals surface area contributed by atoms with Crippen LogP contribution in [0.2, 0.25) is 5.28 Å². The Bertz CT molecular complexity index is 82.2. The monoisotopic (exact) mass is 174 g/mol. The molecule has 0 radical (unpaired) electrons. The van der Waals surface area contributed by atoms with Crippen molar-refractivity contribution in [1.29, 1.82) is 0 Å². The van der Waals surface area contributed by atoms with Gasteiger partial charge in [-0.2, -0.15) is 0 Å². The lowest BCUT2D eigenvalue weighted by Crippen LogP contribution is -2.18. The average Bonchev–Trinajstić information content (AvgIpc) is 1.98. The highest BCUT2D eigenvalue weighted by Gasteiger charge is 2.20. The van der Waals surface area contributed by atoms with Gasteiger partial charge in [-0.25, -0.2) is 0 Å². The van der Waals surface area contributed by atoms with E-state index in [-0.39, 0.29) is 0 Å². The van der Waals surface area contributed by atoms with Crippen LogP contribution in [0.3, 0.4) is 0 Å². The van der Waals surface area contributed by atoms with Crippen LogP contribution in [-0.2, 0) is 7.58 Å². The van der Waals surface area contributed by atoms with Crippen molar-refractivity contribution < 1.29 is 7.58 Å². The lowest BCUT2D eigenvalue weighted by Gasteiger charge is -2.07. The van der Waals surface area contributed by atoms with Gasteiger partial charge in [0.1, 0.15) is 0 Å². The Morgan fingerprint density at radius 3 is 2.09 bits per heavy atom. The van der Waals surface area contributed by atoms with E-state index in [0.29, 0.717) is 0 Å². The van der Waals surface area contributed by atoms with Gasteiger partial charge in [-0.05, 0) is 11.2 Å². The summed E-state index contributed by atoms with van der Waals surface area (Å²) in [5.41, 5.74) is 0. The Morgan fingerprint density at radius 2 is 1.73 bits per heavy atom. The van der Waals surface area contributed by atoms with Crippen LogP contribution >= 0.6 is 0 Å². The van der Waals surface area contributed by atoms with Gasteiger partial charge in [0.2, 0.25) is 0 Å². The van der Waals surface area contributed by atoms with Crippen molar-refractivity contribution in [2.45, 2.75) is 32.0 Å². The molecule has 0 N–H and O–H groups in total. The minimum absolute atomic E-state index is 0.804. The molecule has 0 aliphatic carbocycles. The second-order valence-electron chi connectivity index (χ2n) is 3.23. The largest absolute Gasteiger partial charge is 0.674 e. The van der Waals surface area contributed by atoms with E-state index in [4.69, 9.17) is 7.58 Å². The first-order valence-corrected chi connectivity index (χ1v) is 6.02. The van der Waals surface area contributed by atoms with Crippen LogP contribution in [0, 0.1) is 5.92 Å². The summed E-state index contributed by atoms with van der Waals surface area (Å²) >= 11 is -1.25. The Balaban J connectivity index is 3.21. The van der Waals surface area contributed by atoms with E-state index in [1.165, 1.54) is 12.8 Å². The summed E-state index contributed by atoms with van der Waals surface area (Å²) in [6.07, 6.45) is 2.53. The van der Waals surface area contributed by atoms with Gasteiger partial charge in [-0.3, -0.25) is 0 Å². The summed E-state index contributed by atoms with van der Waals surface area (Å²) in [7, 11) is 3.49. The smallest absolute Gasteiger partial charge is 0.481 e. The molecule has 0 amide bonds. The fraction of sp³-hybridized carbons (Fsp3) is 1.00. The molecule has 0 fully saturated rings. The molecule has 0 saturated heterocycles. The van der Waals surface area contributed by atoms with Crippen LogP contribution < -0.4 is 0 Å². The van der Waals surface area contributed by atoms with Crippen LogP contribution in [0.15, 0.2) is 0 Å². The van der Waals surface area contributed by atoms with Crippen molar-refractivity contribution in [3.8, 4) is 0 Å². The Labute approximate surface area is 74.9 Å². The fourth-order valence-electron chi connectivity index (χ4n) is 1.02. The zero-order chi connectivity index (χ0) is 8.69. The summed E-state index contributed by atoms with van der Waals surface area (Å²) in [5, 5.41) is 1.14. The van der Waals surface area contributed by atoms with Crippen molar-refractivity contribution >= 4 is 14.8 Å². The van der Waals surface area contributed by atoms with Gasteiger partial charge >= 0.3 is 14.8 Å². The molecule has 0 unspecified atom stereocenters. The van der Waals surface area contributed by atoms with Crippen molar-refractivity contribution in [1.82, 2.24) is 0 Å². The van der Waals surface area contributed by atoms with Gasteiger partial charge in [0.15, 0.2) is 0 Å². The molecule has 3 heteroatoms. The third-order valence-electron chi connectivity index (χ3n) is 1.75. The molecule has 0 aromatic rings. The van der Waals surface area contributed by atoms with Gasteiger partial charge in [-0.15, -0.1) is 0 Å². The molecule has 0 bridgehead atoms. The molecule has 66 valence electrons. The average molecular weight is 174 g/mol. The molecule has 0 heterocycles.